The Bertz CT molecular complexity index is 3900. The molecule has 14 rings (SSSR count). The quantitative estimate of drug-likeness (QED) is 0.0966. The van der Waals surface area contributed by atoms with Crippen LogP contribution in [0.2, 0.25) is 15.1 Å². The van der Waals surface area contributed by atoms with E-state index in [0.717, 1.165) is 112 Å². The summed E-state index contributed by atoms with van der Waals surface area (Å²) in [5.74, 6) is 2.19. The molecule has 11 aromatic rings. The first-order valence-electron chi connectivity index (χ1n) is 22.5. The summed E-state index contributed by atoms with van der Waals surface area (Å²) in [6, 6.07) is 66.6. The van der Waals surface area contributed by atoms with Crippen molar-refractivity contribution in [2.24, 2.45) is 4.99 Å². The Morgan fingerprint density at radius 1 is 0.458 bits per heavy atom. The number of nitrogens with one attached hydrogen (secondary N) is 4. The van der Waals surface area contributed by atoms with Gasteiger partial charge in [-0.25, -0.2) is 15.0 Å². The Morgan fingerprint density at radius 2 is 0.972 bits per heavy atom. The van der Waals surface area contributed by atoms with Gasteiger partial charge < -0.3 is 21.3 Å². The van der Waals surface area contributed by atoms with E-state index in [-0.39, 0.29) is 0 Å². The standard InChI is InChI=1S/C19H13BrClN3.2C19H12ClN3.Cu.HI/c20-14-8-2-4-11-17(14)23-19-22-16-10-3-1-6-12(16)13-7-5-9-15(21)18(13)24-19;20-14-8-5-7-13-12-6-1-3-10-16(12)23-17-11-4-2-9-15(17)21-19(23)22-18(13)14;20-14-8-5-7-13-12-6-1-2-9-15(12)21-19-22-16-10-3-4-11-17(16)23(19)18(13)14;;/h1-11H,(H2,22,23,24);2*1-11H,(H,21,22);;1H/q;;;+1;/p-1. The number of hydrogen-bond acceptors (Lipinski definition) is 7. The van der Waals surface area contributed by atoms with E-state index in [2.05, 4.69) is 114 Å². The molecule has 3 aliphatic heterocycles. The Kier molecular flexibility index (Phi) is 13.8. The van der Waals surface area contributed by atoms with Crippen LogP contribution in [0.5, 0.6) is 0 Å². The van der Waals surface area contributed by atoms with Gasteiger partial charge in [0.2, 0.25) is 17.9 Å². The maximum atomic E-state index is 6.59. The molecule has 9 nitrogen and oxygen atoms in total. The molecule has 0 amide bonds. The summed E-state index contributed by atoms with van der Waals surface area (Å²) in [6.07, 6.45) is 0. The van der Waals surface area contributed by atoms with Gasteiger partial charge in [-0.15, -0.1) is 0 Å². The zero-order valence-corrected chi connectivity index (χ0v) is 44.4. The number of aromatic nitrogens is 4. The summed E-state index contributed by atoms with van der Waals surface area (Å²) >= 11 is 28.9. The molecule has 0 spiro atoms. The summed E-state index contributed by atoms with van der Waals surface area (Å²) in [5, 5.41) is 15.6. The zero-order chi connectivity index (χ0) is 49.3. The summed E-state index contributed by atoms with van der Waals surface area (Å²) in [4.78, 5) is 14.2. The fourth-order valence-electron chi connectivity index (χ4n) is 9.17. The third-order valence-corrected chi connectivity index (χ3v) is 13.9. The van der Waals surface area contributed by atoms with Gasteiger partial charge >= 0.3 is 33.1 Å². The topological polar surface area (TPSA) is 96.1 Å². The van der Waals surface area contributed by atoms with Gasteiger partial charge in [0.15, 0.2) is 0 Å². The van der Waals surface area contributed by atoms with Gasteiger partial charge in [0.25, 0.3) is 0 Å². The van der Waals surface area contributed by atoms with Gasteiger partial charge in [0.05, 0.1) is 65.6 Å². The number of guanidine groups is 1. The Morgan fingerprint density at radius 3 is 1.69 bits per heavy atom. The van der Waals surface area contributed by atoms with E-state index in [4.69, 9.17) is 49.8 Å². The number of nitrogens with zero attached hydrogens (tertiary/aromatic N) is 5. The van der Waals surface area contributed by atoms with Crippen LogP contribution in [-0.4, -0.2) is 25.1 Å². The molecule has 0 saturated heterocycles. The van der Waals surface area contributed by atoms with Crippen molar-refractivity contribution in [1.29, 1.82) is 0 Å². The number of benzene rings is 9. The average Bonchev–Trinajstić information content (AvgIpc) is 3.80. The molecule has 72 heavy (non-hydrogen) atoms. The molecule has 0 aliphatic carbocycles. The fourth-order valence-corrected chi connectivity index (χ4v) is 10.3. The van der Waals surface area contributed by atoms with E-state index in [1.54, 1.807) is 20.3 Å². The molecular weight excluding hydrogens is 1190 g/mol. The molecule has 9 aromatic carbocycles. The number of hydrogen-bond donors (Lipinski definition) is 4. The summed E-state index contributed by atoms with van der Waals surface area (Å²) in [7, 11) is 0. The Hall–Kier alpha value is -6.61. The molecule has 4 N–H and O–H groups in total. The second-order valence-electron chi connectivity index (χ2n) is 16.5. The minimum absolute atomic E-state index is 0.623. The van der Waals surface area contributed by atoms with E-state index in [1.165, 1.54) is 0 Å². The number of anilines is 6. The zero-order valence-electron chi connectivity index (χ0n) is 37.5. The minimum atomic E-state index is 0.623. The van der Waals surface area contributed by atoms with Crippen molar-refractivity contribution in [1.82, 2.24) is 19.1 Å². The van der Waals surface area contributed by atoms with Crippen molar-refractivity contribution in [3.63, 3.8) is 0 Å². The molecule has 15 heteroatoms. The number of halogens is 5. The maximum absolute atomic E-state index is 6.59. The molecule has 5 heterocycles. The SMILES string of the molecule is Clc1cccc2c1-n1c(nc3ccccc31)Nc1ccccc1-2.Clc1cccc2c1N=C(Nc1ccccc1Br)Nc1ccccc1-2.Clc1cccc2c1Nc1nc3ccccc3n1-c1ccccc1-2.[Cu][I]. The molecule has 0 radical (unpaired) electrons. The van der Waals surface area contributed by atoms with E-state index < -0.39 is 0 Å². The summed E-state index contributed by atoms with van der Waals surface area (Å²) < 4.78 is 5.22. The van der Waals surface area contributed by atoms with Gasteiger partial charge in [-0.3, -0.25) is 9.13 Å². The predicted molar refractivity (Wildman–Crippen MR) is 309 cm³/mol. The Balaban J connectivity index is 0.000000115. The molecule has 0 bridgehead atoms. The van der Waals surface area contributed by atoms with Crippen molar-refractivity contribution < 1.29 is 12.8 Å². The van der Waals surface area contributed by atoms with Crippen LogP contribution in [0, 0.1) is 0 Å². The predicted octanol–water partition coefficient (Wildman–Crippen LogP) is 18.0. The van der Waals surface area contributed by atoms with Crippen LogP contribution in [0.25, 0.3) is 66.8 Å². The van der Waals surface area contributed by atoms with E-state index in [9.17, 15) is 0 Å². The first kappa shape index (κ1) is 47.7. The molecule has 2 aromatic heterocycles. The van der Waals surface area contributed by atoms with Crippen molar-refractivity contribution in [3.8, 4) is 44.8 Å². The monoisotopic (exact) mass is 1220 g/mol. The van der Waals surface area contributed by atoms with Gasteiger partial charge in [-0.1, -0.05) is 162 Å². The number of fused-ring (bicyclic) bond motifs is 17. The molecule has 0 unspecified atom stereocenters. The fraction of sp³-hybridized carbons (Fsp3) is 0. The van der Waals surface area contributed by atoms with Gasteiger partial charge in [0, 0.05) is 49.2 Å². The van der Waals surface area contributed by atoms with E-state index in [1.807, 2.05) is 146 Å². The number of aliphatic imine (C=N–C) groups is 1. The first-order valence-corrected chi connectivity index (χ1v) is 27.5. The second kappa shape index (κ2) is 20.9. The number of imidazole rings is 2. The first-order chi connectivity index (χ1) is 35.4. The molecule has 0 atom stereocenters. The molecular formula is C57H37BrCl3CuIN9. The average molecular weight is 1220 g/mol. The van der Waals surface area contributed by atoms with E-state index >= 15 is 0 Å². The summed E-state index contributed by atoms with van der Waals surface area (Å²) in [5.41, 5.74) is 17.2. The third-order valence-electron chi connectivity index (χ3n) is 12.3. The molecule has 3 aliphatic rings. The molecule has 0 fully saturated rings. The van der Waals surface area contributed by atoms with Crippen molar-refractivity contribution in [3.05, 3.63) is 220 Å². The van der Waals surface area contributed by atoms with Crippen LogP contribution in [0.1, 0.15) is 0 Å². The third kappa shape index (κ3) is 9.02. The number of para-hydroxylation sites is 11. The van der Waals surface area contributed by atoms with Crippen LogP contribution < -0.4 is 21.3 Å². The normalized spacial score (nSPS) is 11.9. The van der Waals surface area contributed by atoms with Crippen LogP contribution >= 0.6 is 71.1 Å². The molecule has 356 valence electrons. The van der Waals surface area contributed by atoms with Crippen LogP contribution in [0.4, 0.5) is 40.3 Å². The van der Waals surface area contributed by atoms with Crippen molar-refractivity contribution in [2.75, 3.05) is 21.3 Å². The van der Waals surface area contributed by atoms with Crippen molar-refractivity contribution in [2.45, 2.75) is 0 Å². The van der Waals surface area contributed by atoms with Gasteiger partial charge in [-0.2, -0.15) is 0 Å². The Labute approximate surface area is 458 Å². The van der Waals surface area contributed by atoms with Gasteiger partial charge in [-0.05, 0) is 88.7 Å². The van der Waals surface area contributed by atoms with Crippen LogP contribution in [-0.2, 0) is 12.8 Å². The molecule has 0 saturated carbocycles. The second-order valence-corrected chi connectivity index (χ2v) is 18.6. The van der Waals surface area contributed by atoms with Crippen molar-refractivity contribution >= 4 is 139 Å². The number of rotatable bonds is 1. The van der Waals surface area contributed by atoms with Crippen LogP contribution in [0.15, 0.2) is 210 Å². The van der Waals surface area contributed by atoms with E-state index in [0.29, 0.717) is 21.0 Å². The summed E-state index contributed by atoms with van der Waals surface area (Å²) in [6.45, 7) is 0. The van der Waals surface area contributed by atoms with Crippen LogP contribution in [0.3, 0.4) is 0 Å². The van der Waals surface area contributed by atoms with Gasteiger partial charge in [0.1, 0.15) is 0 Å².